The van der Waals surface area contributed by atoms with Crippen LogP contribution >= 0.6 is 11.6 Å². The van der Waals surface area contributed by atoms with Crippen molar-refractivity contribution in [3.05, 3.63) is 34.9 Å². The summed E-state index contributed by atoms with van der Waals surface area (Å²) < 4.78 is 0. The molecule has 1 aliphatic heterocycles. The summed E-state index contributed by atoms with van der Waals surface area (Å²) in [7, 11) is 0. The Morgan fingerprint density at radius 2 is 1.94 bits per heavy atom. The molecule has 2 fully saturated rings. The zero-order chi connectivity index (χ0) is 11.2. The number of aliphatic hydroxyl groups is 1. The third-order valence-corrected chi connectivity index (χ3v) is 3.97. The topological polar surface area (TPSA) is 23.5 Å². The second kappa shape index (κ2) is 3.73. The van der Waals surface area contributed by atoms with E-state index < -0.39 is 5.60 Å². The lowest BCUT2D eigenvalue weighted by atomic mass is 9.93. The van der Waals surface area contributed by atoms with E-state index in [0.29, 0.717) is 0 Å². The molecular weight excluding hydrogens is 222 g/mol. The maximum atomic E-state index is 10.6. The summed E-state index contributed by atoms with van der Waals surface area (Å²) >= 11 is 5.86. The molecule has 1 heterocycles. The molecule has 1 aromatic carbocycles. The van der Waals surface area contributed by atoms with Crippen molar-refractivity contribution in [3.8, 4) is 0 Å². The molecule has 1 atom stereocenters. The van der Waals surface area contributed by atoms with Crippen molar-refractivity contribution in [3.63, 3.8) is 0 Å². The van der Waals surface area contributed by atoms with Gasteiger partial charge in [0.25, 0.3) is 0 Å². The molecule has 3 heteroatoms. The predicted octanol–water partition coefficient (Wildman–Crippen LogP) is 2.40. The van der Waals surface area contributed by atoms with Gasteiger partial charge >= 0.3 is 0 Å². The van der Waals surface area contributed by atoms with Gasteiger partial charge in [0.15, 0.2) is 0 Å². The normalized spacial score (nSPS) is 30.9. The highest BCUT2D eigenvalue weighted by Crippen LogP contribution is 2.38. The molecule has 3 rings (SSSR count). The first-order valence-electron chi connectivity index (χ1n) is 5.90. The van der Waals surface area contributed by atoms with Gasteiger partial charge < -0.3 is 5.11 Å². The van der Waals surface area contributed by atoms with Crippen LogP contribution in [0.2, 0.25) is 5.02 Å². The Balaban J connectivity index is 1.80. The number of benzene rings is 1. The van der Waals surface area contributed by atoms with E-state index in [2.05, 4.69) is 4.90 Å². The first-order chi connectivity index (χ1) is 7.67. The lowest BCUT2D eigenvalue weighted by molar-refractivity contribution is 0.0452. The standard InChI is InChI=1S/C13H16ClNO/c14-11-3-1-10(2-4-11)13(16)7-8-15(9-13)12-5-6-12/h1-4,12,16H,5-9H2. The quantitative estimate of drug-likeness (QED) is 0.854. The number of rotatable bonds is 2. The number of hydrogen-bond acceptors (Lipinski definition) is 2. The molecule has 16 heavy (non-hydrogen) atoms. The van der Waals surface area contributed by atoms with Crippen LogP contribution in [-0.2, 0) is 5.60 Å². The third-order valence-electron chi connectivity index (χ3n) is 3.72. The van der Waals surface area contributed by atoms with Gasteiger partial charge in [0.1, 0.15) is 5.60 Å². The molecule has 1 saturated carbocycles. The van der Waals surface area contributed by atoms with Crippen LogP contribution in [0.25, 0.3) is 0 Å². The lowest BCUT2D eigenvalue weighted by Gasteiger charge is -2.24. The number of hydrogen-bond donors (Lipinski definition) is 1. The fourth-order valence-electron chi connectivity index (χ4n) is 2.57. The Morgan fingerprint density at radius 1 is 1.25 bits per heavy atom. The van der Waals surface area contributed by atoms with Crippen LogP contribution in [0.5, 0.6) is 0 Å². The highest BCUT2D eigenvalue weighted by molar-refractivity contribution is 6.30. The molecule has 2 aliphatic rings. The predicted molar refractivity (Wildman–Crippen MR) is 64.6 cm³/mol. The summed E-state index contributed by atoms with van der Waals surface area (Å²) in [6.07, 6.45) is 3.44. The molecule has 1 aliphatic carbocycles. The summed E-state index contributed by atoms with van der Waals surface area (Å²) in [6.45, 7) is 1.79. The van der Waals surface area contributed by atoms with Gasteiger partial charge in [-0.1, -0.05) is 23.7 Å². The third kappa shape index (κ3) is 1.86. The van der Waals surface area contributed by atoms with E-state index in [1.165, 1.54) is 12.8 Å². The maximum absolute atomic E-state index is 10.6. The van der Waals surface area contributed by atoms with Gasteiger partial charge in [0.05, 0.1) is 0 Å². The molecule has 0 spiro atoms. The fourth-order valence-corrected chi connectivity index (χ4v) is 2.70. The van der Waals surface area contributed by atoms with E-state index in [0.717, 1.165) is 36.1 Å². The molecule has 0 aromatic heterocycles. The van der Waals surface area contributed by atoms with Gasteiger partial charge in [-0.05, 0) is 37.0 Å². The molecule has 0 bridgehead atoms. The molecule has 1 N–H and O–H groups in total. The van der Waals surface area contributed by atoms with Crippen LogP contribution in [0.15, 0.2) is 24.3 Å². The Labute approximate surface area is 101 Å². The molecule has 0 radical (unpaired) electrons. The molecule has 1 saturated heterocycles. The number of halogens is 1. The lowest BCUT2D eigenvalue weighted by Crippen LogP contribution is -2.31. The second-order valence-corrected chi connectivity index (χ2v) is 5.43. The molecule has 2 nitrogen and oxygen atoms in total. The SMILES string of the molecule is OC1(c2ccc(Cl)cc2)CCN(C2CC2)C1. The van der Waals surface area contributed by atoms with E-state index in [9.17, 15) is 5.11 Å². The highest BCUT2D eigenvalue weighted by Gasteiger charge is 2.42. The van der Waals surface area contributed by atoms with Gasteiger partial charge in [-0.25, -0.2) is 0 Å². The summed E-state index contributed by atoms with van der Waals surface area (Å²) in [4.78, 5) is 2.41. The van der Waals surface area contributed by atoms with Crippen LogP contribution < -0.4 is 0 Å². The highest BCUT2D eigenvalue weighted by atomic mass is 35.5. The van der Waals surface area contributed by atoms with Crippen molar-refractivity contribution in [1.29, 1.82) is 0 Å². The Kier molecular flexibility index (Phi) is 2.46. The maximum Gasteiger partial charge on any atom is 0.103 e. The van der Waals surface area contributed by atoms with E-state index in [-0.39, 0.29) is 0 Å². The largest absolute Gasteiger partial charge is 0.384 e. The minimum atomic E-state index is -0.660. The summed E-state index contributed by atoms with van der Waals surface area (Å²) in [6, 6.07) is 8.34. The minimum absolute atomic E-state index is 0.660. The van der Waals surface area contributed by atoms with E-state index in [1.54, 1.807) is 0 Å². The zero-order valence-electron chi connectivity index (χ0n) is 9.19. The minimum Gasteiger partial charge on any atom is -0.384 e. The molecule has 0 amide bonds. The second-order valence-electron chi connectivity index (χ2n) is 4.99. The summed E-state index contributed by atoms with van der Waals surface area (Å²) in [5.74, 6) is 0. The van der Waals surface area contributed by atoms with Crippen LogP contribution in [-0.4, -0.2) is 29.1 Å². The molecule has 1 unspecified atom stereocenters. The molecule has 1 aromatic rings. The van der Waals surface area contributed by atoms with Crippen molar-refractivity contribution in [2.75, 3.05) is 13.1 Å². The van der Waals surface area contributed by atoms with Crippen LogP contribution in [0.1, 0.15) is 24.8 Å². The van der Waals surface area contributed by atoms with Gasteiger partial charge in [0.2, 0.25) is 0 Å². The van der Waals surface area contributed by atoms with Crippen molar-refractivity contribution in [2.45, 2.75) is 30.9 Å². The summed E-state index contributed by atoms with van der Waals surface area (Å²) in [5, 5.41) is 11.3. The van der Waals surface area contributed by atoms with E-state index >= 15 is 0 Å². The monoisotopic (exact) mass is 237 g/mol. The van der Waals surface area contributed by atoms with Crippen molar-refractivity contribution < 1.29 is 5.11 Å². The Bertz CT molecular complexity index is 387. The fraction of sp³-hybridized carbons (Fsp3) is 0.538. The van der Waals surface area contributed by atoms with Gasteiger partial charge in [-0.2, -0.15) is 0 Å². The van der Waals surface area contributed by atoms with E-state index in [1.807, 2.05) is 24.3 Å². The average molecular weight is 238 g/mol. The van der Waals surface area contributed by atoms with Crippen LogP contribution in [0.4, 0.5) is 0 Å². The molecule has 86 valence electrons. The number of nitrogens with zero attached hydrogens (tertiary/aromatic N) is 1. The number of likely N-dealkylation sites (tertiary alicyclic amines) is 1. The van der Waals surface area contributed by atoms with E-state index in [4.69, 9.17) is 11.6 Å². The van der Waals surface area contributed by atoms with Crippen LogP contribution in [0.3, 0.4) is 0 Å². The zero-order valence-corrected chi connectivity index (χ0v) is 9.95. The smallest absolute Gasteiger partial charge is 0.103 e. The van der Waals surface area contributed by atoms with Crippen molar-refractivity contribution >= 4 is 11.6 Å². The van der Waals surface area contributed by atoms with Crippen LogP contribution in [0, 0.1) is 0 Å². The Morgan fingerprint density at radius 3 is 2.56 bits per heavy atom. The van der Waals surface area contributed by atoms with Gasteiger partial charge in [0, 0.05) is 24.2 Å². The first kappa shape index (κ1) is 10.6. The van der Waals surface area contributed by atoms with Gasteiger partial charge in [-0.15, -0.1) is 0 Å². The molecular formula is C13H16ClNO. The van der Waals surface area contributed by atoms with Gasteiger partial charge in [-0.3, -0.25) is 4.90 Å². The first-order valence-corrected chi connectivity index (χ1v) is 6.28. The van der Waals surface area contributed by atoms with Crippen molar-refractivity contribution in [2.24, 2.45) is 0 Å². The summed E-state index contributed by atoms with van der Waals surface area (Å²) in [5.41, 5.74) is 0.341. The number of β-amino-alcohol motifs (C(OH)–C–C–N with tert-alkyl or cyclic N) is 1. The van der Waals surface area contributed by atoms with Crippen molar-refractivity contribution in [1.82, 2.24) is 4.90 Å². The average Bonchev–Trinajstić information content (AvgIpc) is 3.04. The Hall–Kier alpha value is -0.570.